The fourth-order valence-electron chi connectivity index (χ4n) is 1.95. The topological polar surface area (TPSA) is 56.0 Å². The summed E-state index contributed by atoms with van der Waals surface area (Å²) in [5, 5.41) is 0.508. The van der Waals surface area contributed by atoms with Crippen molar-refractivity contribution in [2.75, 3.05) is 0 Å². The van der Waals surface area contributed by atoms with Crippen LogP contribution in [-0.4, -0.2) is 15.8 Å². The van der Waals surface area contributed by atoms with Crippen LogP contribution in [-0.2, 0) is 5.92 Å². The lowest BCUT2D eigenvalue weighted by molar-refractivity contribution is 0.00221. The number of ketones is 1. The lowest BCUT2D eigenvalue weighted by atomic mass is 10.1. The van der Waals surface area contributed by atoms with Crippen molar-refractivity contribution in [2.45, 2.75) is 5.92 Å². The van der Waals surface area contributed by atoms with Crippen LogP contribution in [0.1, 0.15) is 16.2 Å². The Labute approximate surface area is 148 Å². The van der Waals surface area contributed by atoms with Crippen molar-refractivity contribution in [3.05, 3.63) is 69.7 Å². The average Bonchev–Trinajstić information content (AvgIpc) is 3.04. The molecule has 0 N–H and O–H groups in total. The van der Waals surface area contributed by atoms with Crippen molar-refractivity contribution in [3.8, 4) is 11.5 Å². The Bertz CT molecular complexity index is 897. The van der Waals surface area contributed by atoms with Crippen LogP contribution in [0.2, 0.25) is 5.02 Å². The van der Waals surface area contributed by atoms with Crippen LogP contribution in [0.25, 0.3) is 11.5 Å². The molecule has 0 saturated carbocycles. The molecule has 3 aromatic rings. The molecule has 0 aliphatic carbocycles. The van der Waals surface area contributed by atoms with E-state index >= 15 is 0 Å². The van der Waals surface area contributed by atoms with Crippen LogP contribution < -0.4 is 0 Å². The third-order valence-corrected chi connectivity index (χ3v) is 3.89. The molecule has 0 amide bonds. The number of Topliss-reactive ketones (excluding diaryl/α,β-unsaturated/α-hetero) is 1. The van der Waals surface area contributed by atoms with Gasteiger partial charge in [-0.3, -0.25) is 9.78 Å². The van der Waals surface area contributed by atoms with Crippen LogP contribution in [0.5, 0.6) is 0 Å². The van der Waals surface area contributed by atoms with E-state index in [-0.39, 0.29) is 5.89 Å². The van der Waals surface area contributed by atoms with Crippen LogP contribution in [0.3, 0.4) is 0 Å². The van der Waals surface area contributed by atoms with Crippen molar-refractivity contribution >= 4 is 33.3 Å². The van der Waals surface area contributed by atoms with Gasteiger partial charge in [0.2, 0.25) is 5.89 Å². The van der Waals surface area contributed by atoms with E-state index in [4.69, 9.17) is 16.0 Å². The fourth-order valence-corrected chi connectivity index (χ4v) is 2.41. The van der Waals surface area contributed by atoms with Crippen LogP contribution in [0.15, 0.2) is 57.7 Å². The quantitative estimate of drug-likeness (QED) is 0.557. The number of aromatic nitrogens is 2. The van der Waals surface area contributed by atoms with Gasteiger partial charge in [0.1, 0.15) is 5.69 Å². The Morgan fingerprint density at radius 2 is 1.88 bits per heavy atom. The van der Waals surface area contributed by atoms with Crippen molar-refractivity contribution in [1.29, 1.82) is 0 Å². The second-order valence-electron chi connectivity index (χ2n) is 4.80. The second kappa shape index (κ2) is 6.41. The fraction of sp³-hybridized carbons (Fsp3) is 0.0625. The summed E-state index contributed by atoms with van der Waals surface area (Å²) in [4.78, 5) is 19.5. The van der Waals surface area contributed by atoms with Gasteiger partial charge < -0.3 is 4.42 Å². The van der Waals surface area contributed by atoms with E-state index in [0.29, 0.717) is 15.1 Å². The SMILES string of the molecule is O=C(c1cnc(-c2ccc(Cl)cc2)o1)C(F)(F)c1cc(Br)ccn1. The molecule has 0 fully saturated rings. The highest BCUT2D eigenvalue weighted by atomic mass is 79.9. The molecule has 24 heavy (non-hydrogen) atoms. The lowest BCUT2D eigenvalue weighted by Crippen LogP contribution is -2.27. The van der Waals surface area contributed by atoms with Gasteiger partial charge in [0, 0.05) is 21.3 Å². The Hall–Kier alpha value is -2.12. The van der Waals surface area contributed by atoms with Crippen LogP contribution in [0, 0.1) is 0 Å². The maximum Gasteiger partial charge on any atom is 0.354 e. The molecule has 3 rings (SSSR count). The largest absolute Gasteiger partial charge is 0.433 e. The van der Waals surface area contributed by atoms with Gasteiger partial charge in [0.15, 0.2) is 5.76 Å². The van der Waals surface area contributed by atoms with E-state index in [1.54, 1.807) is 24.3 Å². The number of benzene rings is 1. The van der Waals surface area contributed by atoms with Crippen molar-refractivity contribution < 1.29 is 18.0 Å². The number of carbonyl (C=O) groups excluding carboxylic acids is 1. The Balaban J connectivity index is 1.91. The monoisotopic (exact) mass is 412 g/mol. The van der Waals surface area contributed by atoms with Gasteiger partial charge in [-0.1, -0.05) is 27.5 Å². The maximum absolute atomic E-state index is 14.3. The first-order valence-electron chi connectivity index (χ1n) is 6.64. The molecular formula is C16H8BrClF2N2O2. The summed E-state index contributed by atoms with van der Waals surface area (Å²) in [7, 11) is 0. The number of rotatable bonds is 4. The number of carbonyl (C=O) groups is 1. The van der Waals surface area contributed by atoms with E-state index in [1.807, 2.05) is 0 Å². The van der Waals surface area contributed by atoms with Gasteiger partial charge in [0.25, 0.3) is 5.78 Å². The van der Waals surface area contributed by atoms with E-state index in [0.717, 1.165) is 12.3 Å². The molecule has 2 aromatic heterocycles. The maximum atomic E-state index is 14.3. The number of oxazole rings is 1. The normalized spacial score (nSPS) is 11.5. The second-order valence-corrected chi connectivity index (χ2v) is 6.15. The van der Waals surface area contributed by atoms with E-state index in [1.165, 1.54) is 12.3 Å². The number of alkyl halides is 2. The molecule has 8 heteroatoms. The van der Waals surface area contributed by atoms with Gasteiger partial charge in [-0.2, -0.15) is 8.78 Å². The summed E-state index contributed by atoms with van der Waals surface area (Å²) in [5.41, 5.74) is -0.159. The van der Waals surface area contributed by atoms with Crippen molar-refractivity contribution in [1.82, 2.24) is 9.97 Å². The molecule has 0 unspecified atom stereocenters. The molecule has 0 bridgehead atoms. The molecule has 0 aliphatic rings. The molecule has 0 aliphatic heterocycles. The van der Waals surface area contributed by atoms with Gasteiger partial charge in [-0.05, 0) is 36.4 Å². The third kappa shape index (κ3) is 3.22. The smallest absolute Gasteiger partial charge is 0.354 e. The summed E-state index contributed by atoms with van der Waals surface area (Å²) in [5.74, 6) is -5.85. The number of nitrogens with zero attached hydrogens (tertiary/aromatic N) is 2. The predicted molar refractivity (Wildman–Crippen MR) is 87.1 cm³/mol. The molecule has 1 aromatic carbocycles. The standard InChI is InChI=1S/C16H8BrClF2N2O2/c17-10-5-6-21-13(7-10)16(19,20)14(23)12-8-22-15(24-12)9-1-3-11(18)4-2-9/h1-8H. The predicted octanol–water partition coefficient (Wildman–Crippen LogP) is 5.13. The average molecular weight is 414 g/mol. The van der Waals surface area contributed by atoms with Crippen molar-refractivity contribution in [2.24, 2.45) is 0 Å². The molecule has 0 radical (unpaired) electrons. The van der Waals surface area contributed by atoms with E-state index in [2.05, 4.69) is 25.9 Å². The summed E-state index contributed by atoms with van der Waals surface area (Å²) in [6, 6.07) is 8.98. The Morgan fingerprint density at radius 1 is 1.17 bits per heavy atom. The first kappa shape index (κ1) is 16.7. The Morgan fingerprint density at radius 3 is 2.54 bits per heavy atom. The first-order valence-corrected chi connectivity index (χ1v) is 7.81. The number of pyridine rings is 1. The van der Waals surface area contributed by atoms with Gasteiger partial charge in [-0.15, -0.1) is 0 Å². The molecular weight excluding hydrogens is 406 g/mol. The third-order valence-electron chi connectivity index (χ3n) is 3.15. The Kier molecular flexibility index (Phi) is 4.47. The molecule has 0 spiro atoms. The highest BCUT2D eigenvalue weighted by Crippen LogP contribution is 2.33. The zero-order chi connectivity index (χ0) is 17.3. The molecule has 122 valence electrons. The van der Waals surface area contributed by atoms with Gasteiger partial charge in [-0.25, -0.2) is 4.98 Å². The summed E-state index contributed by atoms with van der Waals surface area (Å²) >= 11 is 8.85. The molecule has 0 atom stereocenters. The van der Waals surface area contributed by atoms with Gasteiger partial charge in [0.05, 0.1) is 6.20 Å². The first-order chi connectivity index (χ1) is 11.4. The zero-order valence-corrected chi connectivity index (χ0v) is 14.2. The molecule has 0 saturated heterocycles. The summed E-state index contributed by atoms with van der Waals surface area (Å²) < 4.78 is 34.3. The van der Waals surface area contributed by atoms with Crippen molar-refractivity contribution in [3.63, 3.8) is 0 Å². The number of hydrogen-bond donors (Lipinski definition) is 0. The van der Waals surface area contributed by atoms with Gasteiger partial charge >= 0.3 is 5.92 Å². The summed E-state index contributed by atoms with van der Waals surface area (Å²) in [6.45, 7) is 0. The van der Waals surface area contributed by atoms with E-state index < -0.39 is 23.2 Å². The molecule has 4 nitrogen and oxygen atoms in total. The molecule has 2 heterocycles. The highest BCUT2D eigenvalue weighted by molar-refractivity contribution is 9.10. The van der Waals surface area contributed by atoms with Crippen LogP contribution >= 0.6 is 27.5 Å². The lowest BCUT2D eigenvalue weighted by Gasteiger charge is -2.12. The minimum atomic E-state index is -3.83. The highest BCUT2D eigenvalue weighted by Gasteiger charge is 2.45. The number of halogens is 4. The van der Waals surface area contributed by atoms with E-state index in [9.17, 15) is 13.6 Å². The zero-order valence-electron chi connectivity index (χ0n) is 11.8. The minimum Gasteiger partial charge on any atom is -0.433 e. The number of hydrogen-bond acceptors (Lipinski definition) is 4. The van der Waals surface area contributed by atoms with Crippen LogP contribution in [0.4, 0.5) is 8.78 Å². The minimum absolute atomic E-state index is 0.0491. The summed E-state index contributed by atoms with van der Waals surface area (Å²) in [6.07, 6.45) is 2.15.